The Morgan fingerprint density at radius 2 is 1.33 bits per heavy atom. The highest BCUT2D eigenvalue weighted by Gasteiger charge is 1.92. The zero-order chi connectivity index (χ0) is 7.28. The van der Waals surface area contributed by atoms with E-state index in [0.717, 1.165) is 19.3 Å². The summed E-state index contributed by atoms with van der Waals surface area (Å²) in [7, 11) is 0. The molecule has 52 valence electrons. The summed E-state index contributed by atoms with van der Waals surface area (Å²) in [6, 6.07) is 0. The summed E-state index contributed by atoms with van der Waals surface area (Å²) in [4.78, 5) is 0. The second kappa shape index (κ2) is 4.37. The summed E-state index contributed by atoms with van der Waals surface area (Å²) in [6.07, 6.45) is 3.19. The first-order chi connectivity index (χ1) is 4.20. The quantitative estimate of drug-likeness (QED) is 0.504. The molecule has 0 heteroatoms. The maximum atomic E-state index is 3.90. The zero-order valence-corrected chi connectivity index (χ0v) is 6.54. The van der Waals surface area contributed by atoms with Crippen LogP contribution in [0.2, 0.25) is 0 Å². The second-order valence-electron chi connectivity index (χ2n) is 2.38. The molecular weight excluding hydrogens is 108 g/mol. The monoisotopic (exact) mass is 124 g/mol. The molecule has 0 aliphatic heterocycles. The van der Waals surface area contributed by atoms with Gasteiger partial charge in [-0.1, -0.05) is 38.2 Å². The lowest BCUT2D eigenvalue weighted by molar-refractivity contribution is 0.945. The highest BCUT2D eigenvalue weighted by atomic mass is 14.0. The van der Waals surface area contributed by atoms with Crippen molar-refractivity contribution in [2.75, 3.05) is 0 Å². The van der Waals surface area contributed by atoms with Crippen molar-refractivity contribution in [2.45, 2.75) is 33.1 Å². The van der Waals surface area contributed by atoms with Gasteiger partial charge in [-0.05, 0) is 19.3 Å². The van der Waals surface area contributed by atoms with Gasteiger partial charge in [0.05, 0.1) is 0 Å². The average Bonchev–Trinajstić information content (AvgIpc) is 1.87. The van der Waals surface area contributed by atoms with Crippen molar-refractivity contribution >= 4 is 0 Å². The van der Waals surface area contributed by atoms with Crippen LogP contribution < -0.4 is 0 Å². The van der Waals surface area contributed by atoms with E-state index in [1.807, 2.05) is 0 Å². The molecule has 0 bridgehead atoms. The van der Waals surface area contributed by atoms with E-state index >= 15 is 0 Å². The van der Waals surface area contributed by atoms with Crippen molar-refractivity contribution in [3.8, 4) is 0 Å². The van der Waals surface area contributed by atoms with Gasteiger partial charge in [-0.2, -0.15) is 0 Å². The summed E-state index contributed by atoms with van der Waals surface area (Å²) in [5.74, 6) is 0. The first-order valence-electron chi connectivity index (χ1n) is 3.54. The van der Waals surface area contributed by atoms with Gasteiger partial charge >= 0.3 is 0 Å². The highest BCUT2D eigenvalue weighted by molar-refractivity contribution is 5.08. The minimum atomic E-state index is 1.02. The van der Waals surface area contributed by atoms with Crippen LogP contribution in [0.4, 0.5) is 0 Å². The molecule has 0 rings (SSSR count). The number of rotatable bonds is 4. The van der Waals surface area contributed by atoms with Gasteiger partial charge in [-0.15, -0.1) is 0 Å². The molecule has 0 saturated heterocycles. The Balaban J connectivity index is 3.47. The van der Waals surface area contributed by atoms with E-state index in [1.165, 1.54) is 11.1 Å². The lowest BCUT2D eigenvalue weighted by atomic mass is 10.0. The fraction of sp³-hybridized carbons (Fsp3) is 0.556. The van der Waals surface area contributed by atoms with E-state index in [2.05, 4.69) is 27.0 Å². The minimum absolute atomic E-state index is 1.02. The Morgan fingerprint density at radius 1 is 1.00 bits per heavy atom. The van der Waals surface area contributed by atoms with Crippen LogP contribution in [-0.4, -0.2) is 0 Å². The van der Waals surface area contributed by atoms with Gasteiger partial charge in [-0.3, -0.25) is 0 Å². The maximum absolute atomic E-state index is 3.90. The van der Waals surface area contributed by atoms with E-state index < -0.39 is 0 Å². The molecule has 0 spiro atoms. The summed E-state index contributed by atoms with van der Waals surface area (Å²) < 4.78 is 0. The van der Waals surface area contributed by atoms with Crippen LogP contribution in [0.5, 0.6) is 0 Å². The fourth-order valence-electron chi connectivity index (χ4n) is 0.604. The summed E-state index contributed by atoms with van der Waals surface area (Å²) >= 11 is 0. The first-order valence-corrected chi connectivity index (χ1v) is 3.54. The van der Waals surface area contributed by atoms with Gasteiger partial charge in [0.2, 0.25) is 0 Å². The van der Waals surface area contributed by atoms with Gasteiger partial charge in [-0.25, -0.2) is 0 Å². The van der Waals surface area contributed by atoms with Gasteiger partial charge in [0.15, 0.2) is 0 Å². The predicted octanol–water partition coefficient (Wildman–Crippen LogP) is 3.31. The molecule has 0 amide bonds. The molecule has 0 fully saturated rings. The van der Waals surface area contributed by atoms with Crippen molar-refractivity contribution in [3.05, 3.63) is 24.3 Å². The SMILES string of the molecule is C=C(CC)CC(=C)CC. The van der Waals surface area contributed by atoms with E-state index in [1.54, 1.807) is 0 Å². The van der Waals surface area contributed by atoms with Crippen molar-refractivity contribution in [1.29, 1.82) is 0 Å². The zero-order valence-electron chi connectivity index (χ0n) is 6.54. The van der Waals surface area contributed by atoms with Crippen molar-refractivity contribution in [3.63, 3.8) is 0 Å². The van der Waals surface area contributed by atoms with Crippen LogP contribution in [0.25, 0.3) is 0 Å². The average molecular weight is 124 g/mol. The molecule has 0 saturated carbocycles. The fourth-order valence-corrected chi connectivity index (χ4v) is 0.604. The molecule has 0 nitrogen and oxygen atoms in total. The molecular formula is C9H16. The molecule has 0 unspecified atom stereocenters. The van der Waals surface area contributed by atoms with Gasteiger partial charge in [0.25, 0.3) is 0 Å². The van der Waals surface area contributed by atoms with E-state index in [0.29, 0.717) is 0 Å². The van der Waals surface area contributed by atoms with Crippen molar-refractivity contribution in [1.82, 2.24) is 0 Å². The van der Waals surface area contributed by atoms with E-state index in [9.17, 15) is 0 Å². The maximum Gasteiger partial charge on any atom is -0.0114 e. The molecule has 0 aliphatic rings. The Kier molecular flexibility index (Phi) is 4.12. The minimum Gasteiger partial charge on any atom is -0.0995 e. The molecule has 0 aromatic heterocycles. The van der Waals surface area contributed by atoms with Crippen LogP contribution in [-0.2, 0) is 0 Å². The number of hydrogen-bond acceptors (Lipinski definition) is 0. The Bertz CT molecular complexity index is 95.2. The van der Waals surface area contributed by atoms with Gasteiger partial charge in [0.1, 0.15) is 0 Å². The molecule has 0 atom stereocenters. The molecule has 9 heavy (non-hydrogen) atoms. The smallest absolute Gasteiger partial charge is 0.0114 e. The van der Waals surface area contributed by atoms with Crippen LogP contribution in [0.15, 0.2) is 24.3 Å². The highest BCUT2D eigenvalue weighted by Crippen LogP contribution is 2.12. The molecule has 0 aromatic carbocycles. The summed E-state index contributed by atoms with van der Waals surface area (Å²) in [5, 5.41) is 0. The van der Waals surface area contributed by atoms with Gasteiger partial charge in [0, 0.05) is 0 Å². The van der Waals surface area contributed by atoms with Crippen molar-refractivity contribution < 1.29 is 0 Å². The third-order valence-corrected chi connectivity index (χ3v) is 1.50. The Hall–Kier alpha value is -0.520. The summed E-state index contributed by atoms with van der Waals surface area (Å²) in [5.41, 5.74) is 2.59. The number of allylic oxidation sites excluding steroid dienone is 2. The summed E-state index contributed by atoms with van der Waals surface area (Å²) in [6.45, 7) is 12.1. The predicted molar refractivity (Wildman–Crippen MR) is 43.5 cm³/mol. The van der Waals surface area contributed by atoms with E-state index in [4.69, 9.17) is 0 Å². The van der Waals surface area contributed by atoms with E-state index in [-0.39, 0.29) is 0 Å². The van der Waals surface area contributed by atoms with Crippen LogP contribution in [0.1, 0.15) is 33.1 Å². The molecule has 0 heterocycles. The lowest BCUT2D eigenvalue weighted by Crippen LogP contribution is -1.81. The Morgan fingerprint density at radius 3 is 1.56 bits per heavy atom. The van der Waals surface area contributed by atoms with Crippen LogP contribution in [0, 0.1) is 0 Å². The standard InChI is InChI=1S/C9H16/c1-5-8(3)7-9(4)6-2/h3-7H2,1-2H3. The Labute approximate surface area is 58.3 Å². The molecule has 0 aliphatic carbocycles. The first kappa shape index (κ1) is 8.48. The van der Waals surface area contributed by atoms with Crippen molar-refractivity contribution in [2.24, 2.45) is 0 Å². The molecule has 0 N–H and O–H groups in total. The lowest BCUT2D eigenvalue weighted by Gasteiger charge is -2.01. The van der Waals surface area contributed by atoms with Crippen LogP contribution >= 0.6 is 0 Å². The topological polar surface area (TPSA) is 0 Å². The third-order valence-electron chi connectivity index (χ3n) is 1.50. The second-order valence-corrected chi connectivity index (χ2v) is 2.38. The normalized spacial score (nSPS) is 9.11. The largest absolute Gasteiger partial charge is 0.0995 e. The third kappa shape index (κ3) is 4.01. The molecule has 0 radical (unpaired) electrons. The van der Waals surface area contributed by atoms with Crippen LogP contribution in [0.3, 0.4) is 0 Å². The molecule has 0 aromatic rings. The number of hydrogen-bond donors (Lipinski definition) is 0. The van der Waals surface area contributed by atoms with Gasteiger partial charge < -0.3 is 0 Å².